The fourth-order valence-electron chi connectivity index (χ4n) is 6.92. The molecule has 1 nitrogen and oxygen atoms in total. The van der Waals surface area contributed by atoms with Crippen LogP contribution in [-0.2, 0) is 0 Å². The third-order valence-electron chi connectivity index (χ3n) is 8.89. The second-order valence-corrected chi connectivity index (χ2v) is 14.8. The van der Waals surface area contributed by atoms with Crippen LogP contribution in [0.3, 0.4) is 0 Å². The molecular weight excluding hydrogens is 599 g/mol. The zero-order valence-electron chi connectivity index (χ0n) is 26.6. The summed E-state index contributed by atoms with van der Waals surface area (Å²) in [7, 11) is -2.11. The van der Waals surface area contributed by atoms with Gasteiger partial charge >= 0.3 is 0 Å². The van der Waals surface area contributed by atoms with E-state index in [1.807, 2.05) is 0 Å². The Hall–Kier alpha value is -5.83. The van der Waals surface area contributed by atoms with Crippen LogP contribution in [0.15, 0.2) is 232 Å². The Bertz CT molecular complexity index is 2030. The summed E-state index contributed by atoms with van der Waals surface area (Å²) in [4.78, 5) is 5.20. The van der Waals surface area contributed by atoms with Crippen LogP contribution in [0.25, 0.3) is 39.3 Å². The van der Waals surface area contributed by atoms with Crippen molar-refractivity contribution in [3.05, 3.63) is 212 Å². The molecule has 0 saturated heterocycles. The maximum Gasteiger partial charge on any atom is 0.0672 e. The summed E-state index contributed by atoms with van der Waals surface area (Å²) in [6.45, 7) is 0. The second kappa shape index (κ2) is 13.1. The molecule has 48 heavy (non-hydrogen) atoms. The molecule has 0 atom stereocenters. The highest BCUT2D eigenvalue weighted by Gasteiger charge is 2.41. The van der Waals surface area contributed by atoms with Crippen LogP contribution in [0.2, 0.25) is 0 Å². The van der Waals surface area contributed by atoms with Crippen molar-refractivity contribution in [3.8, 4) is 39.3 Å². The van der Waals surface area contributed by atoms with E-state index in [1.54, 1.807) is 0 Å². The molecule has 0 saturated carbocycles. The molecule has 0 radical (unpaired) electrons. The zero-order chi connectivity index (χ0) is 32.2. The Morgan fingerprint density at radius 1 is 0.292 bits per heavy atom. The van der Waals surface area contributed by atoms with E-state index >= 15 is 0 Å². The van der Waals surface area contributed by atoms with E-state index in [0.717, 1.165) is 5.69 Å². The van der Waals surface area contributed by atoms with E-state index < -0.39 is 10.0 Å². The van der Waals surface area contributed by atoms with Gasteiger partial charge in [-0.25, -0.2) is 0 Å². The van der Waals surface area contributed by atoms with Crippen molar-refractivity contribution in [3.63, 3.8) is 0 Å². The van der Waals surface area contributed by atoms with E-state index in [1.165, 1.54) is 53.2 Å². The quantitative estimate of drug-likeness (QED) is 0.157. The highest BCUT2D eigenvalue weighted by atomic mass is 32.3. The first kappa shape index (κ1) is 29.6. The number of hydrogen-bond donors (Lipinski definition) is 0. The van der Waals surface area contributed by atoms with Crippen LogP contribution in [-0.4, -0.2) is 4.57 Å². The lowest BCUT2D eigenvalue weighted by molar-refractivity contribution is 1.08. The van der Waals surface area contributed by atoms with E-state index in [0.29, 0.717) is 0 Å². The minimum Gasteiger partial charge on any atom is -0.307 e. The molecule has 0 unspecified atom stereocenters. The van der Waals surface area contributed by atoms with Crippen LogP contribution in [0.4, 0.5) is 0 Å². The molecule has 0 fully saturated rings. The van der Waals surface area contributed by atoms with Crippen LogP contribution < -0.4 is 0 Å². The molecule has 8 rings (SSSR count). The Morgan fingerprint density at radius 3 is 1.00 bits per heavy atom. The third kappa shape index (κ3) is 5.08. The topological polar surface area (TPSA) is 4.93 Å². The van der Waals surface area contributed by atoms with Crippen LogP contribution in [0.1, 0.15) is 0 Å². The maximum atomic E-state index is 2.53. The Balaban J connectivity index is 1.71. The van der Waals surface area contributed by atoms with Crippen molar-refractivity contribution in [2.24, 2.45) is 0 Å². The maximum absolute atomic E-state index is 2.53. The minimum absolute atomic E-state index is 1.13. The molecule has 0 aliphatic rings. The van der Waals surface area contributed by atoms with E-state index in [4.69, 9.17) is 0 Å². The lowest BCUT2D eigenvalue weighted by Crippen LogP contribution is -2.08. The van der Waals surface area contributed by atoms with Gasteiger partial charge in [0.1, 0.15) is 0 Å². The zero-order valence-corrected chi connectivity index (χ0v) is 27.4. The number of nitrogens with zero attached hydrogens (tertiary/aromatic N) is 1. The van der Waals surface area contributed by atoms with E-state index in [9.17, 15) is 0 Å². The molecule has 2 heteroatoms. The highest BCUT2D eigenvalue weighted by Crippen LogP contribution is 2.77. The van der Waals surface area contributed by atoms with Crippen molar-refractivity contribution in [2.75, 3.05) is 0 Å². The van der Waals surface area contributed by atoms with Crippen LogP contribution in [0.5, 0.6) is 0 Å². The van der Waals surface area contributed by atoms with Crippen molar-refractivity contribution in [1.82, 2.24) is 4.57 Å². The van der Waals surface area contributed by atoms with Crippen molar-refractivity contribution >= 4 is 10.0 Å². The standard InChI is InChI=1S/C46H35NS/c1-8-22-36(23-9-1)43-44(37-24-10-2-11-25-37)47(39-28-14-4-15-29-39)45(38-26-12-3-13-27-38)46(43)48(40-30-16-5-17-31-40,41-32-18-6-19-33-41)42-34-20-7-21-35-42/h1-35H. The van der Waals surface area contributed by atoms with E-state index in [-0.39, 0.29) is 0 Å². The lowest BCUT2D eigenvalue weighted by atomic mass is 10.0. The van der Waals surface area contributed by atoms with Crippen LogP contribution in [0, 0.1) is 0 Å². The first-order chi connectivity index (χ1) is 23.9. The van der Waals surface area contributed by atoms with Gasteiger partial charge < -0.3 is 4.57 Å². The number of benzene rings is 7. The monoisotopic (exact) mass is 633 g/mol. The Kier molecular flexibility index (Phi) is 8.08. The molecule has 0 N–H and O–H groups in total. The molecule has 0 aliphatic heterocycles. The molecule has 230 valence electrons. The molecule has 0 aliphatic carbocycles. The van der Waals surface area contributed by atoms with E-state index in [2.05, 4.69) is 217 Å². The van der Waals surface area contributed by atoms with Gasteiger partial charge in [-0.2, -0.15) is 0 Å². The summed E-state index contributed by atoms with van der Waals surface area (Å²) in [6.07, 6.45) is 0. The van der Waals surface area contributed by atoms with Gasteiger partial charge in [-0.3, -0.25) is 0 Å². The SMILES string of the molecule is c1ccc(-c2c(S(c3ccccc3)(c3ccccc3)c3ccccc3)c(-c3ccccc3)n(-c3ccccc3)c2-c2ccccc2)cc1. The van der Waals surface area contributed by atoms with Gasteiger partial charge in [0, 0.05) is 30.8 Å². The molecule has 1 heterocycles. The number of aromatic nitrogens is 1. The summed E-state index contributed by atoms with van der Waals surface area (Å²) in [5.41, 5.74) is 8.30. The summed E-state index contributed by atoms with van der Waals surface area (Å²) in [5.74, 6) is 0. The summed E-state index contributed by atoms with van der Waals surface area (Å²) in [5, 5.41) is 0. The highest BCUT2D eigenvalue weighted by molar-refractivity contribution is 8.34. The van der Waals surface area contributed by atoms with Crippen LogP contribution >= 0.6 is 10.0 Å². The van der Waals surface area contributed by atoms with Gasteiger partial charge in [-0.1, -0.05) is 164 Å². The summed E-state index contributed by atoms with van der Waals surface area (Å²) in [6, 6.07) is 77.3. The molecule has 1 aromatic heterocycles. The largest absolute Gasteiger partial charge is 0.307 e. The summed E-state index contributed by atoms with van der Waals surface area (Å²) < 4.78 is 2.53. The number of rotatable bonds is 8. The lowest BCUT2D eigenvalue weighted by Gasteiger charge is -2.43. The average molecular weight is 634 g/mol. The Morgan fingerprint density at radius 2 is 0.604 bits per heavy atom. The predicted molar refractivity (Wildman–Crippen MR) is 202 cm³/mol. The molecular formula is C46H35NS. The van der Waals surface area contributed by atoms with Crippen molar-refractivity contribution in [2.45, 2.75) is 19.6 Å². The van der Waals surface area contributed by atoms with Gasteiger partial charge in [0.15, 0.2) is 0 Å². The molecule has 0 amide bonds. The second-order valence-electron chi connectivity index (χ2n) is 11.7. The smallest absolute Gasteiger partial charge is 0.0672 e. The Labute approximate surface area is 284 Å². The molecule has 7 aromatic carbocycles. The fourth-order valence-corrected chi connectivity index (χ4v) is 11.2. The molecule has 0 bridgehead atoms. The number of para-hydroxylation sites is 1. The fraction of sp³-hybridized carbons (Fsp3) is 0. The first-order valence-corrected chi connectivity index (χ1v) is 18.0. The van der Waals surface area contributed by atoms with Gasteiger partial charge in [0.25, 0.3) is 0 Å². The van der Waals surface area contributed by atoms with Gasteiger partial charge in [-0.05, 0) is 65.2 Å². The molecule has 0 spiro atoms. The summed E-state index contributed by atoms with van der Waals surface area (Å²) >= 11 is 0. The van der Waals surface area contributed by atoms with Crippen molar-refractivity contribution < 1.29 is 0 Å². The third-order valence-corrected chi connectivity index (χ3v) is 12.8. The normalized spacial score (nSPS) is 11.7. The van der Waals surface area contributed by atoms with Crippen molar-refractivity contribution in [1.29, 1.82) is 0 Å². The average Bonchev–Trinajstić information content (AvgIpc) is 3.54. The van der Waals surface area contributed by atoms with Gasteiger partial charge in [-0.15, -0.1) is 10.0 Å². The number of hydrogen-bond acceptors (Lipinski definition) is 0. The predicted octanol–water partition coefficient (Wildman–Crippen LogP) is 12.8. The minimum atomic E-state index is -2.11. The van der Waals surface area contributed by atoms with Gasteiger partial charge in [0.2, 0.25) is 0 Å². The first-order valence-electron chi connectivity index (χ1n) is 16.4. The molecule has 8 aromatic rings. The van der Waals surface area contributed by atoms with Gasteiger partial charge in [0.05, 0.1) is 11.4 Å².